The highest BCUT2D eigenvalue weighted by Crippen LogP contribution is 2.14. The highest BCUT2D eigenvalue weighted by atomic mass is 127. The summed E-state index contributed by atoms with van der Waals surface area (Å²) < 4.78 is 23.7. The standard InChI is InChI=1S/C19H19N7O6.2C18H36FN.HI/c20-19-25-15-14(17(30)26-19)23-11(8-22-15)7-21-10-3-1-9(2-4-10)16(29)24-12(18(31)32)5-6-13(27)28;2*19-17-15-13-11-9-7-5-3-1-2-4-6-8-10-12-14-16-18-20;/h1-4,8,12,21H,5-7H2,(H,24,29)(H,27,28)(H,31,32)(H3,20,22,25,26,30);2*1-2H,3-18,20H2;1H/b;2*2-1-;/t12-;;;/m0.../s1. The molecule has 0 saturated carbocycles. The molecule has 0 fully saturated rings. The molecule has 0 bridgehead atoms. The third kappa shape index (κ3) is 38.7. The Morgan fingerprint density at radius 1 is 0.630 bits per heavy atom. The van der Waals surface area contributed by atoms with Crippen LogP contribution in [0.4, 0.5) is 20.4 Å². The number of allylic oxidation sites excluding steroid dienone is 4. The Labute approximate surface area is 451 Å². The summed E-state index contributed by atoms with van der Waals surface area (Å²) in [4.78, 5) is 60.6. The van der Waals surface area contributed by atoms with E-state index in [4.69, 9.17) is 27.4 Å². The van der Waals surface area contributed by atoms with E-state index >= 15 is 0 Å². The van der Waals surface area contributed by atoms with E-state index in [1.54, 1.807) is 12.1 Å². The van der Waals surface area contributed by atoms with E-state index in [1.807, 2.05) is 0 Å². The molecule has 1 amide bonds. The van der Waals surface area contributed by atoms with E-state index in [0.717, 1.165) is 38.8 Å². The van der Waals surface area contributed by atoms with Crippen molar-refractivity contribution in [1.29, 1.82) is 0 Å². The fourth-order valence-electron chi connectivity index (χ4n) is 7.58. The second-order valence-electron chi connectivity index (χ2n) is 18.3. The first-order valence-corrected chi connectivity index (χ1v) is 27.0. The number of benzene rings is 1. The van der Waals surface area contributed by atoms with Gasteiger partial charge in [0, 0.05) is 17.7 Å². The van der Waals surface area contributed by atoms with E-state index in [1.165, 1.54) is 172 Å². The third-order valence-corrected chi connectivity index (χ3v) is 11.8. The van der Waals surface area contributed by atoms with Gasteiger partial charge in [0.1, 0.15) is 6.04 Å². The van der Waals surface area contributed by atoms with Crippen molar-refractivity contribution >= 4 is 64.6 Å². The van der Waals surface area contributed by atoms with Crippen molar-refractivity contribution < 1.29 is 33.4 Å². The zero-order valence-electron chi connectivity index (χ0n) is 43.8. The number of amides is 1. The number of carbonyl (C=O) groups is 3. The molecule has 0 aliphatic carbocycles. The molecule has 3 aromatic rings. The van der Waals surface area contributed by atoms with Gasteiger partial charge in [-0.2, -0.15) is 4.98 Å². The van der Waals surface area contributed by atoms with Gasteiger partial charge >= 0.3 is 11.9 Å². The predicted molar refractivity (Wildman–Crippen MR) is 305 cm³/mol. The van der Waals surface area contributed by atoms with Crippen molar-refractivity contribution in [1.82, 2.24) is 25.3 Å². The van der Waals surface area contributed by atoms with Crippen LogP contribution in [-0.2, 0) is 16.1 Å². The molecule has 11 N–H and O–H groups in total. The molecule has 0 unspecified atom stereocenters. The molecule has 0 spiro atoms. The average molecular weight is 1140 g/mol. The number of nitrogen functional groups attached to an aromatic ring is 1. The number of halogens is 3. The molecule has 73 heavy (non-hydrogen) atoms. The molecule has 3 rings (SSSR count). The number of aromatic nitrogens is 4. The number of hydrogen-bond acceptors (Lipinski definition) is 11. The minimum atomic E-state index is -1.31. The minimum absolute atomic E-state index is 0. The number of nitrogens with one attached hydrogen (secondary N) is 3. The average Bonchev–Trinajstić information content (AvgIpc) is 3.37. The van der Waals surface area contributed by atoms with Gasteiger partial charge in [-0.3, -0.25) is 28.1 Å². The number of carbonyl (C=O) groups excluding carboxylic acids is 1. The molecule has 2 heterocycles. The summed E-state index contributed by atoms with van der Waals surface area (Å²) in [6, 6.07) is 4.86. The highest BCUT2D eigenvalue weighted by molar-refractivity contribution is 14.0. The molecular formula is C55H92F2IN9O6. The van der Waals surface area contributed by atoms with Gasteiger partial charge < -0.3 is 38.0 Å². The Kier molecular flexibility index (Phi) is 45.4. The fraction of sp³-hybridized carbons (Fsp3) is 0.655. The molecule has 1 aromatic carbocycles. The van der Waals surface area contributed by atoms with Crippen molar-refractivity contribution in [2.24, 2.45) is 11.5 Å². The molecule has 1 atom stereocenters. The summed E-state index contributed by atoms with van der Waals surface area (Å²) in [5, 5.41) is 23.2. The number of carboxylic acid groups (broad SMARTS) is 2. The largest absolute Gasteiger partial charge is 0.481 e. The lowest BCUT2D eigenvalue weighted by Gasteiger charge is -2.14. The number of nitrogens with zero attached hydrogens (tertiary/aromatic N) is 3. The number of H-pyrrole nitrogens is 1. The van der Waals surface area contributed by atoms with Crippen LogP contribution in [0.1, 0.15) is 209 Å². The smallest absolute Gasteiger partial charge is 0.326 e. The number of anilines is 2. The van der Waals surface area contributed by atoms with Gasteiger partial charge in [0.15, 0.2) is 11.2 Å². The normalized spacial score (nSPS) is 11.4. The number of hydrogen-bond donors (Lipinski definition) is 8. The second-order valence-corrected chi connectivity index (χ2v) is 18.3. The van der Waals surface area contributed by atoms with Gasteiger partial charge in [0.2, 0.25) is 5.95 Å². The lowest BCUT2D eigenvalue weighted by Crippen LogP contribution is -2.41. The first-order chi connectivity index (χ1) is 35.1. The number of carboxylic acids is 2. The number of fused-ring (bicyclic) bond motifs is 1. The minimum Gasteiger partial charge on any atom is -0.481 e. The van der Waals surface area contributed by atoms with Crippen LogP contribution in [0.3, 0.4) is 0 Å². The molecule has 0 aliphatic rings. The Bertz CT molecular complexity index is 1880. The summed E-state index contributed by atoms with van der Waals surface area (Å²) in [6.45, 7) is 1.64. The Morgan fingerprint density at radius 3 is 1.47 bits per heavy atom. The maximum Gasteiger partial charge on any atom is 0.326 e. The molecule has 0 radical (unpaired) electrons. The van der Waals surface area contributed by atoms with Crippen LogP contribution >= 0.6 is 24.0 Å². The Morgan fingerprint density at radius 2 is 1.05 bits per heavy atom. The summed E-state index contributed by atoms with van der Waals surface area (Å²) in [5.74, 6) is -3.16. The van der Waals surface area contributed by atoms with Crippen molar-refractivity contribution in [2.75, 3.05) is 37.5 Å². The van der Waals surface area contributed by atoms with Crippen LogP contribution in [0.25, 0.3) is 11.2 Å². The van der Waals surface area contributed by atoms with Gasteiger partial charge in [0.05, 0.1) is 31.8 Å². The van der Waals surface area contributed by atoms with Gasteiger partial charge in [-0.05, 0) is 121 Å². The Hall–Kier alpha value is -4.56. The topological polar surface area (TPSA) is 265 Å². The van der Waals surface area contributed by atoms with Crippen LogP contribution in [0, 0.1) is 0 Å². The zero-order valence-corrected chi connectivity index (χ0v) is 46.1. The van der Waals surface area contributed by atoms with E-state index in [0.29, 0.717) is 11.4 Å². The fourth-order valence-corrected chi connectivity index (χ4v) is 7.58. The third-order valence-electron chi connectivity index (χ3n) is 11.8. The summed E-state index contributed by atoms with van der Waals surface area (Å²) in [6.07, 6.45) is 44.8. The summed E-state index contributed by atoms with van der Waals surface area (Å²) in [5.41, 5.74) is 17.4. The van der Waals surface area contributed by atoms with Crippen LogP contribution in [0.2, 0.25) is 0 Å². The molecule has 15 nitrogen and oxygen atoms in total. The van der Waals surface area contributed by atoms with E-state index in [9.17, 15) is 28.0 Å². The predicted octanol–water partition coefficient (Wildman–Crippen LogP) is 12.4. The molecule has 414 valence electrons. The maximum atomic E-state index is 12.3. The quantitative estimate of drug-likeness (QED) is 0.0149. The second kappa shape index (κ2) is 48.4. The van der Waals surface area contributed by atoms with Crippen molar-refractivity contribution in [3.8, 4) is 0 Å². The number of aromatic amines is 1. The monoisotopic (exact) mass is 1140 g/mol. The van der Waals surface area contributed by atoms with E-state index < -0.39 is 29.4 Å². The number of aliphatic carboxylic acids is 2. The van der Waals surface area contributed by atoms with Crippen molar-refractivity contribution in [2.45, 2.75) is 205 Å². The SMILES string of the molecule is I.NCCCCCCCC/C=C\CCCCCCCCF.NCCCCCCCC/C=C\CCCCCCCCF.Nc1nc2ncc(CNc3ccc(C(=O)N[C@@H](CCC(=O)O)C(=O)O)cc3)nc2c(=O)[nH]1. The van der Waals surface area contributed by atoms with Crippen LogP contribution in [0.5, 0.6) is 0 Å². The van der Waals surface area contributed by atoms with Crippen molar-refractivity contribution in [3.63, 3.8) is 0 Å². The first-order valence-electron chi connectivity index (χ1n) is 27.0. The maximum absolute atomic E-state index is 12.3. The van der Waals surface area contributed by atoms with Gasteiger partial charge in [-0.15, -0.1) is 24.0 Å². The van der Waals surface area contributed by atoms with Crippen LogP contribution < -0.4 is 33.4 Å². The molecular weight excluding hydrogens is 1050 g/mol. The molecule has 0 saturated heterocycles. The molecule has 0 aliphatic heterocycles. The van der Waals surface area contributed by atoms with Crippen LogP contribution in [0.15, 0.2) is 59.6 Å². The first kappa shape index (κ1) is 68.4. The number of nitrogens with two attached hydrogens (primary N) is 3. The lowest BCUT2D eigenvalue weighted by atomic mass is 10.1. The van der Waals surface area contributed by atoms with Crippen LogP contribution in [-0.4, -0.2) is 80.5 Å². The molecule has 2 aromatic heterocycles. The van der Waals surface area contributed by atoms with Crippen molar-refractivity contribution in [3.05, 3.63) is 76.4 Å². The van der Waals surface area contributed by atoms with E-state index in [-0.39, 0.29) is 79.4 Å². The highest BCUT2D eigenvalue weighted by Gasteiger charge is 2.21. The molecule has 18 heteroatoms. The van der Waals surface area contributed by atoms with E-state index in [2.05, 4.69) is 54.9 Å². The number of unbranched alkanes of at least 4 members (excludes halogenated alkanes) is 24. The Balaban J connectivity index is 0.00000111. The zero-order chi connectivity index (χ0) is 52.7. The van der Waals surface area contributed by atoms with Gasteiger partial charge in [0.25, 0.3) is 11.5 Å². The number of alkyl halides is 2. The van der Waals surface area contributed by atoms with Gasteiger partial charge in [-0.25, -0.2) is 14.8 Å². The summed E-state index contributed by atoms with van der Waals surface area (Å²) >= 11 is 0. The number of rotatable bonds is 41. The lowest BCUT2D eigenvalue weighted by molar-refractivity contribution is -0.140. The van der Waals surface area contributed by atoms with Gasteiger partial charge in [-0.1, -0.05) is 127 Å². The summed E-state index contributed by atoms with van der Waals surface area (Å²) in [7, 11) is 0.